The zero-order valence-electron chi connectivity index (χ0n) is 12.8. The molecule has 0 atom stereocenters. The lowest BCUT2D eigenvalue weighted by atomic mass is 10.1. The van der Waals surface area contributed by atoms with Gasteiger partial charge in [0, 0.05) is 44.3 Å². The van der Waals surface area contributed by atoms with Gasteiger partial charge in [-0.25, -0.2) is 8.78 Å². The van der Waals surface area contributed by atoms with Crippen molar-refractivity contribution < 1.29 is 8.78 Å². The molecule has 0 aromatic heterocycles. The second kappa shape index (κ2) is 7.39. The summed E-state index contributed by atoms with van der Waals surface area (Å²) in [5.41, 5.74) is 2.03. The average Bonchev–Trinajstić information content (AvgIpc) is 2.53. The predicted molar refractivity (Wildman–Crippen MR) is 88.4 cm³/mol. The van der Waals surface area contributed by atoms with Crippen LogP contribution in [0.3, 0.4) is 0 Å². The molecule has 2 aromatic rings. The summed E-state index contributed by atoms with van der Waals surface area (Å²) in [4.78, 5) is 4.65. The van der Waals surface area contributed by atoms with Crippen LogP contribution in [0.1, 0.15) is 11.1 Å². The Balaban J connectivity index is 1.51. The zero-order chi connectivity index (χ0) is 16.2. The predicted octanol–water partition coefficient (Wildman–Crippen LogP) is 3.94. The van der Waals surface area contributed by atoms with E-state index < -0.39 is 11.6 Å². The number of halogens is 3. The largest absolute Gasteiger partial charge is 0.297 e. The first-order valence-corrected chi connectivity index (χ1v) is 8.11. The standard InChI is InChI=1S/C18H19ClF2N2/c19-16-3-1-2-14(10-16)12-22-6-8-23(9-7-22)13-15-4-5-17(20)18(21)11-15/h1-5,10-11H,6-9,12-13H2. The van der Waals surface area contributed by atoms with Crippen LogP contribution in [0.15, 0.2) is 42.5 Å². The Morgan fingerprint density at radius 2 is 1.39 bits per heavy atom. The molecule has 1 saturated heterocycles. The molecule has 0 aliphatic carbocycles. The fourth-order valence-electron chi connectivity index (χ4n) is 2.90. The fourth-order valence-corrected chi connectivity index (χ4v) is 3.11. The molecular weight excluding hydrogens is 318 g/mol. The van der Waals surface area contributed by atoms with Crippen LogP contribution in [0.25, 0.3) is 0 Å². The van der Waals surface area contributed by atoms with E-state index >= 15 is 0 Å². The highest BCUT2D eigenvalue weighted by atomic mass is 35.5. The van der Waals surface area contributed by atoms with Crippen LogP contribution in [0.4, 0.5) is 8.78 Å². The maximum atomic E-state index is 13.3. The van der Waals surface area contributed by atoms with Crippen molar-refractivity contribution in [3.05, 3.63) is 70.2 Å². The summed E-state index contributed by atoms with van der Waals surface area (Å²) in [6, 6.07) is 12.1. The van der Waals surface area contributed by atoms with Gasteiger partial charge in [0.1, 0.15) is 0 Å². The molecule has 3 rings (SSSR count). The number of nitrogens with zero attached hydrogens (tertiary/aromatic N) is 2. The van der Waals surface area contributed by atoms with Gasteiger partial charge in [-0.2, -0.15) is 0 Å². The van der Waals surface area contributed by atoms with Gasteiger partial charge in [-0.05, 0) is 35.4 Å². The van der Waals surface area contributed by atoms with E-state index in [9.17, 15) is 8.78 Å². The Morgan fingerprint density at radius 3 is 1.96 bits per heavy atom. The molecule has 1 heterocycles. The number of piperazine rings is 1. The lowest BCUT2D eigenvalue weighted by Gasteiger charge is -2.34. The summed E-state index contributed by atoms with van der Waals surface area (Å²) in [6.07, 6.45) is 0. The number of benzene rings is 2. The molecule has 1 aliphatic rings. The molecule has 0 amide bonds. The highest BCUT2D eigenvalue weighted by Gasteiger charge is 2.17. The number of rotatable bonds is 4. The summed E-state index contributed by atoms with van der Waals surface area (Å²) in [6.45, 7) is 5.29. The third kappa shape index (κ3) is 4.50. The summed E-state index contributed by atoms with van der Waals surface area (Å²) < 4.78 is 26.2. The summed E-state index contributed by atoms with van der Waals surface area (Å²) in [7, 11) is 0. The highest BCUT2D eigenvalue weighted by molar-refractivity contribution is 6.30. The minimum absolute atomic E-state index is 0.655. The van der Waals surface area contributed by atoms with Crippen molar-refractivity contribution in [3.8, 4) is 0 Å². The van der Waals surface area contributed by atoms with E-state index in [1.165, 1.54) is 17.7 Å². The van der Waals surface area contributed by atoms with Crippen molar-refractivity contribution >= 4 is 11.6 Å². The van der Waals surface area contributed by atoms with Gasteiger partial charge in [-0.3, -0.25) is 9.80 Å². The van der Waals surface area contributed by atoms with Crippen molar-refractivity contribution in [2.24, 2.45) is 0 Å². The van der Waals surface area contributed by atoms with E-state index in [1.807, 2.05) is 18.2 Å². The zero-order valence-corrected chi connectivity index (χ0v) is 13.6. The van der Waals surface area contributed by atoms with Crippen LogP contribution in [0.2, 0.25) is 5.02 Å². The summed E-state index contributed by atoms with van der Waals surface area (Å²) >= 11 is 6.02. The van der Waals surface area contributed by atoms with Crippen LogP contribution in [-0.4, -0.2) is 36.0 Å². The first-order chi connectivity index (χ1) is 11.1. The minimum Gasteiger partial charge on any atom is -0.297 e. The van der Waals surface area contributed by atoms with Gasteiger partial charge in [0.05, 0.1) is 0 Å². The van der Waals surface area contributed by atoms with Crippen LogP contribution in [0.5, 0.6) is 0 Å². The highest BCUT2D eigenvalue weighted by Crippen LogP contribution is 2.16. The molecule has 1 fully saturated rings. The van der Waals surface area contributed by atoms with E-state index in [-0.39, 0.29) is 0 Å². The van der Waals surface area contributed by atoms with Crippen molar-refractivity contribution in [1.82, 2.24) is 9.80 Å². The molecule has 0 radical (unpaired) electrons. The Kier molecular flexibility index (Phi) is 5.26. The molecule has 5 heteroatoms. The monoisotopic (exact) mass is 336 g/mol. The van der Waals surface area contributed by atoms with Crippen LogP contribution < -0.4 is 0 Å². The van der Waals surface area contributed by atoms with Gasteiger partial charge in [0.25, 0.3) is 0 Å². The van der Waals surface area contributed by atoms with Gasteiger partial charge < -0.3 is 0 Å². The molecule has 0 saturated carbocycles. The van der Waals surface area contributed by atoms with E-state index in [1.54, 1.807) is 6.07 Å². The van der Waals surface area contributed by atoms with Crippen LogP contribution >= 0.6 is 11.6 Å². The smallest absolute Gasteiger partial charge is 0.159 e. The average molecular weight is 337 g/mol. The van der Waals surface area contributed by atoms with E-state index in [0.717, 1.165) is 43.3 Å². The molecule has 0 unspecified atom stereocenters. The van der Waals surface area contributed by atoms with Crippen molar-refractivity contribution in [2.45, 2.75) is 13.1 Å². The summed E-state index contributed by atoms with van der Waals surface area (Å²) in [5, 5.41) is 0.763. The third-order valence-electron chi connectivity index (χ3n) is 4.15. The van der Waals surface area contributed by atoms with Crippen molar-refractivity contribution in [2.75, 3.05) is 26.2 Å². The van der Waals surface area contributed by atoms with Gasteiger partial charge in [-0.15, -0.1) is 0 Å². The molecule has 122 valence electrons. The molecule has 2 aromatic carbocycles. The van der Waals surface area contributed by atoms with E-state index in [4.69, 9.17) is 11.6 Å². The Morgan fingerprint density at radius 1 is 0.783 bits per heavy atom. The second-order valence-electron chi connectivity index (χ2n) is 5.93. The van der Waals surface area contributed by atoms with Crippen molar-refractivity contribution in [3.63, 3.8) is 0 Å². The molecule has 0 bridgehead atoms. The molecule has 23 heavy (non-hydrogen) atoms. The van der Waals surface area contributed by atoms with Gasteiger partial charge in [0.2, 0.25) is 0 Å². The SMILES string of the molecule is Fc1ccc(CN2CCN(Cc3cccc(Cl)c3)CC2)cc1F. The fraction of sp³-hybridized carbons (Fsp3) is 0.333. The number of hydrogen-bond acceptors (Lipinski definition) is 2. The second-order valence-corrected chi connectivity index (χ2v) is 6.37. The van der Waals surface area contributed by atoms with Gasteiger partial charge in [0.15, 0.2) is 11.6 Å². The lowest BCUT2D eigenvalue weighted by molar-refractivity contribution is 0.122. The normalized spacial score (nSPS) is 16.7. The minimum atomic E-state index is -0.792. The Hall–Kier alpha value is -1.49. The Labute approximate surface area is 140 Å². The Bertz CT molecular complexity index is 670. The molecule has 0 spiro atoms. The van der Waals surface area contributed by atoms with Gasteiger partial charge in [-0.1, -0.05) is 29.8 Å². The maximum absolute atomic E-state index is 13.3. The molecule has 2 nitrogen and oxygen atoms in total. The number of hydrogen-bond donors (Lipinski definition) is 0. The maximum Gasteiger partial charge on any atom is 0.159 e. The third-order valence-corrected chi connectivity index (χ3v) is 4.39. The lowest BCUT2D eigenvalue weighted by Crippen LogP contribution is -2.45. The van der Waals surface area contributed by atoms with E-state index in [2.05, 4.69) is 15.9 Å². The van der Waals surface area contributed by atoms with Crippen LogP contribution in [0, 0.1) is 11.6 Å². The first kappa shape index (κ1) is 16.4. The van der Waals surface area contributed by atoms with Crippen molar-refractivity contribution in [1.29, 1.82) is 0 Å². The van der Waals surface area contributed by atoms with E-state index in [0.29, 0.717) is 6.54 Å². The molecule has 0 N–H and O–H groups in total. The first-order valence-electron chi connectivity index (χ1n) is 7.73. The summed E-state index contributed by atoms with van der Waals surface area (Å²) in [5.74, 6) is -1.57. The topological polar surface area (TPSA) is 6.48 Å². The molecule has 1 aliphatic heterocycles. The molecular formula is C18H19ClF2N2. The quantitative estimate of drug-likeness (QED) is 0.834. The van der Waals surface area contributed by atoms with Crippen LogP contribution in [-0.2, 0) is 13.1 Å². The van der Waals surface area contributed by atoms with Gasteiger partial charge >= 0.3 is 0 Å².